The third kappa shape index (κ3) is 3.82. The number of nitrogens with zero attached hydrogens (tertiary/aromatic N) is 1. The fraction of sp³-hybridized carbons (Fsp3) is 0.625. The van der Waals surface area contributed by atoms with Gasteiger partial charge in [-0.2, -0.15) is 16.7 Å². The van der Waals surface area contributed by atoms with Gasteiger partial charge in [-0.3, -0.25) is 0 Å². The molecule has 0 amide bonds. The topological polar surface area (TPSA) is 29.4 Å². The highest BCUT2D eigenvalue weighted by Gasteiger charge is 2.23. The summed E-state index contributed by atoms with van der Waals surface area (Å²) in [5, 5.41) is 3.84. The average Bonchev–Trinajstić information content (AvgIpc) is 2.37. The number of rotatable bonds is 4. The van der Waals surface area contributed by atoms with Crippen LogP contribution in [0, 0.1) is 25.7 Å². The number of hydrogen-bond acceptors (Lipinski definition) is 3. The van der Waals surface area contributed by atoms with E-state index >= 15 is 0 Å². The molecule has 0 heterocycles. The molecule has 0 radical (unpaired) electrons. The molecule has 0 spiro atoms. The zero-order valence-electron chi connectivity index (χ0n) is 12.1. The molecule has 0 N–H and O–H groups in total. The first-order valence-electron chi connectivity index (χ1n) is 7.11. The van der Waals surface area contributed by atoms with Crippen LogP contribution in [0.3, 0.4) is 0 Å². The quantitative estimate of drug-likeness (QED) is 0.731. The lowest BCUT2D eigenvalue weighted by Crippen LogP contribution is -2.20. The summed E-state index contributed by atoms with van der Waals surface area (Å²) in [7, 11) is 0. The first-order valence-corrected chi connectivity index (χ1v) is 8.16. The Hall–Kier alpha value is -0.830. The van der Waals surface area contributed by atoms with E-state index in [1.54, 1.807) is 0 Å². The summed E-state index contributed by atoms with van der Waals surface area (Å²) in [6.45, 7) is 6.55. The Labute approximate surface area is 120 Å². The fourth-order valence-electron chi connectivity index (χ4n) is 3.01. The van der Waals surface area contributed by atoms with Gasteiger partial charge in [0.1, 0.15) is 0 Å². The van der Waals surface area contributed by atoms with Gasteiger partial charge >= 0.3 is 0 Å². The lowest BCUT2D eigenvalue weighted by atomic mass is 9.96. The Kier molecular flexibility index (Phi) is 5.03. The number of nitroso groups, excluding NO2 is 1. The number of benzene rings is 1. The molecule has 0 bridgehead atoms. The van der Waals surface area contributed by atoms with Crippen molar-refractivity contribution >= 4 is 11.8 Å². The van der Waals surface area contributed by atoms with Crippen molar-refractivity contribution in [2.24, 2.45) is 5.18 Å². The summed E-state index contributed by atoms with van der Waals surface area (Å²) < 4.78 is 0. The SMILES string of the molecule is Cc1cc(C)c(CS[C@@H]2CCCC(N=O)C2)c(C)c1. The van der Waals surface area contributed by atoms with Crippen molar-refractivity contribution in [3.63, 3.8) is 0 Å². The van der Waals surface area contributed by atoms with E-state index in [-0.39, 0.29) is 6.04 Å². The third-order valence-corrected chi connectivity index (χ3v) is 5.41. The van der Waals surface area contributed by atoms with Gasteiger partial charge in [0, 0.05) is 11.0 Å². The maximum Gasteiger partial charge on any atom is 0.0930 e. The van der Waals surface area contributed by atoms with Crippen molar-refractivity contribution in [3.05, 3.63) is 39.3 Å². The minimum atomic E-state index is 0.0615. The number of hydrogen-bond donors (Lipinski definition) is 0. The van der Waals surface area contributed by atoms with E-state index in [2.05, 4.69) is 38.1 Å². The highest BCUT2D eigenvalue weighted by atomic mass is 32.2. The maximum atomic E-state index is 10.7. The molecular weight excluding hydrogens is 254 g/mol. The summed E-state index contributed by atoms with van der Waals surface area (Å²) in [6, 6.07) is 4.59. The summed E-state index contributed by atoms with van der Waals surface area (Å²) in [4.78, 5) is 10.7. The van der Waals surface area contributed by atoms with Crippen molar-refractivity contribution in [3.8, 4) is 0 Å². The zero-order valence-corrected chi connectivity index (χ0v) is 12.9. The first-order chi connectivity index (χ1) is 9.10. The lowest BCUT2D eigenvalue weighted by molar-refractivity contribution is 0.451. The van der Waals surface area contributed by atoms with Crippen LogP contribution >= 0.6 is 11.8 Å². The van der Waals surface area contributed by atoms with Crippen LogP contribution in [0.25, 0.3) is 0 Å². The van der Waals surface area contributed by atoms with E-state index in [0.29, 0.717) is 5.25 Å². The summed E-state index contributed by atoms with van der Waals surface area (Å²) in [5.41, 5.74) is 5.60. The van der Waals surface area contributed by atoms with Crippen LogP contribution in [0.2, 0.25) is 0 Å². The fourth-order valence-corrected chi connectivity index (χ4v) is 4.56. The van der Waals surface area contributed by atoms with Gasteiger partial charge in [0.05, 0.1) is 6.04 Å². The molecule has 2 atom stereocenters. The van der Waals surface area contributed by atoms with Crippen molar-refractivity contribution in [2.75, 3.05) is 0 Å². The van der Waals surface area contributed by atoms with E-state index in [4.69, 9.17) is 0 Å². The Balaban J connectivity index is 1.97. The van der Waals surface area contributed by atoms with Gasteiger partial charge in [0.25, 0.3) is 0 Å². The van der Waals surface area contributed by atoms with E-state index in [9.17, 15) is 4.91 Å². The second-order valence-electron chi connectivity index (χ2n) is 5.74. The van der Waals surface area contributed by atoms with Crippen LogP contribution in [0.1, 0.15) is 47.9 Å². The average molecular weight is 277 g/mol. The van der Waals surface area contributed by atoms with Crippen LogP contribution in [0.5, 0.6) is 0 Å². The van der Waals surface area contributed by atoms with E-state index in [1.807, 2.05) is 11.8 Å². The van der Waals surface area contributed by atoms with Crippen LogP contribution < -0.4 is 0 Å². The molecule has 2 nitrogen and oxygen atoms in total. The van der Waals surface area contributed by atoms with Gasteiger partial charge < -0.3 is 0 Å². The smallest absolute Gasteiger partial charge is 0.0930 e. The molecule has 1 aliphatic rings. The van der Waals surface area contributed by atoms with Gasteiger partial charge in [0.15, 0.2) is 0 Å². The maximum absolute atomic E-state index is 10.7. The molecular formula is C16H23NOS. The Bertz CT molecular complexity index is 435. The van der Waals surface area contributed by atoms with Crippen molar-refractivity contribution in [2.45, 2.75) is 63.5 Å². The second-order valence-corrected chi connectivity index (χ2v) is 7.02. The second kappa shape index (κ2) is 6.56. The molecule has 0 saturated heterocycles. The van der Waals surface area contributed by atoms with E-state index in [1.165, 1.54) is 28.7 Å². The van der Waals surface area contributed by atoms with Crippen LogP contribution in [-0.2, 0) is 5.75 Å². The molecule has 3 heteroatoms. The van der Waals surface area contributed by atoms with Crippen molar-refractivity contribution < 1.29 is 0 Å². The molecule has 1 unspecified atom stereocenters. The van der Waals surface area contributed by atoms with Crippen LogP contribution in [0.15, 0.2) is 17.3 Å². The Morgan fingerprint density at radius 2 is 1.89 bits per heavy atom. The molecule has 1 saturated carbocycles. The van der Waals surface area contributed by atoms with Gasteiger partial charge in [-0.05, 0) is 56.7 Å². The molecule has 104 valence electrons. The van der Waals surface area contributed by atoms with Crippen LogP contribution in [-0.4, -0.2) is 11.3 Å². The lowest BCUT2D eigenvalue weighted by Gasteiger charge is -2.25. The number of aryl methyl sites for hydroxylation is 3. The normalized spacial score (nSPS) is 23.3. The molecule has 19 heavy (non-hydrogen) atoms. The van der Waals surface area contributed by atoms with Gasteiger partial charge in [-0.1, -0.05) is 29.3 Å². The van der Waals surface area contributed by atoms with E-state index in [0.717, 1.165) is 25.0 Å². The highest BCUT2D eigenvalue weighted by Crippen LogP contribution is 2.33. The summed E-state index contributed by atoms with van der Waals surface area (Å²) in [5.74, 6) is 1.06. The first kappa shape index (κ1) is 14.6. The van der Waals surface area contributed by atoms with E-state index < -0.39 is 0 Å². The third-order valence-electron chi connectivity index (χ3n) is 4.05. The Morgan fingerprint density at radius 1 is 1.21 bits per heavy atom. The van der Waals surface area contributed by atoms with Crippen molar-refractivity contribution in [1.29, 1.82) is 0 Å². The summed E-state index contributed by atoms with van der Waals surface area (Å²) in [6.07, 6.45) is 4.35. The molecule has 0 aromatic heterocycles. The zero-order chi connectivity index (χ0) is 13.8. The monoisotopic (exact) mass is 277 g/mol. The summed E-state index contributed by atoms with van der Waals surface area (Å²) >= 11 is 2.00. The standard InChI is InChI=1S/C16H23NOS/c1-11-7-12(2)16(13(3)8-11)10-19-15-6-4-5-14(9-15)17-18/h7-8,14-15H,4-6,9-10H2,1-3H3/t14?,15-/m1/s1. The number of thioether (sulfide) groups is 1. The Morgan fingerprint density at radius 3 is 2.53 bits per heavy atom. The molecule has 2 rings (SSSR count). The predicted molar refractivity (Wildman–Crippen MR) is 83.8 cm³/mol. The van der Waals surface area contributed by atoms with Gasteiger partial charge in [-0.15, -0.1) is 0 Å². The molecule has 1 fully saturated rings. The largest absolute Gasteiger partial charge is 0.154 e. The van der Waals surface area contributed by atoms with Gasteiger partial charge in [0.2, 0.25) is 0 Å². The highest BCUT2D eigenvalue weighted by molar-refractivity contribution is 7.99. The minimum absolute atomic E-state index is 0.0615. The van der Waals surface area contributed by atoms with Crippen molar-refractivity contribution in [1.82, 2.24) is 0 Å². The van der Waals surface area contributed by atoms with Gasteiger partial charge in [-0.25, -0.2) is 0 Å². The molecule has 1 aromatic carbocycles. The predicted octanol–water partition coefficient (Wildman–Crippen LogP) is 4.92. The molecule has 1 aliphatic carbocycles. The molecule has 0 aliphatic heterocycles. The van der Waals surface area contributed by atoms with Crippen LogP contribution in [0.4, 0.5) is 0 Å². The molecule has 1 aromatic rings. The minimum Gasteiger partial charge on any atom is -0.154 e.